The molecule has 168 valence electrons. The van der Waals surface area contributed by atoms with Gasteiger partial charge < -0.3 is 10.2 Å². The largest absolute Gasteiger partial charge is 0.352 e. The third kappa shape index (κ3) is 8.23. The summed E-state index contributed by atoms with van der Waals surface area (Å²) >= 11 is 7.70. The normalized spacial score (nSPS) is 12.8. The number of halogens is 1. The summed E-state index contributed by atoms with van der Waals surface area (Å²) in [5, 5.41) is 3.61. The van der Waals surface area contributed by atoms with Crippen molar-refractivity contribution in [1.82, 2.24) is 10.2 Å². The molecule has 4 nitrogen and oxygen atoms in total. The number of carbonyl (C=O) groups is 2. The van der Waals surface area contributed by atoms with E-state index in [4.69, 9.17) is 11.6 Å². The van der Waals surface area contributed by atoms with Crippen LogP contribution < -0.4 is 5.32 Å². The Bertz CT molecular complexity index is 883. The Morgan fingerprint density at radius 1 is 1.06 bits per heavy atom. The number of aryl methyl sites for hydroxylation is 2. The fraction of sp³-hybridized carbons (Fsp3) is 0.440. The van der Waals surface area contributed by atoms with Crippen LogP contribution in [0.2, 0.25) is 5.02 Å². The minimum Gasteiger partial charge on any atom is -0.352 e. The number of rotatable bonds is 10. The third-order valence-corrected chi connectivity index (χ3v) is 6.41. The molecule has 0 saturated carbocycles. The van der Waals surface area contributed by atoms with E-state index in [-0.39, 0.29) is 17.9 Å². The first-order valence-corrected chi connectivity index (χ1v) is 12.2. The summed E-state index contributed by atoms with van der Waals surface area (Å²) in [6.07, 6.45) is 0.840. The molecule has 0 fully saturated rings. The van der Waals surface area contributed by atoms with Gasteiger partial charge in [-0.1, -0.05) is 60.0 Å². The van der Waals surface area contributed by atoms with Crippen LogP contribution in [0.15, 0.2) is 42.5 Å². The first-order chi connectivity index (χ1) is 14.7. The van der Waals surface area contributed by atoms with Crippen LogP contribution in [0.3, 0.4) is 0 Å². The number of amides is 2. The van der Waals surface area contributed by atoms with Gasteiger partial charge in [-0.15, -0.1) is 11.8 Å². The van der Waals surface area contributed by atoms with Crippen molar-refractivity contribution in [3.05, 3.63) is 69.7 Å². The number of hydrogen-bond acceptors (Lipinski definition) is 3. The number of carbonyl (C=O) groups excluding carboxylic acids is 2. The van der Waals surface area contributed by atoms with Crippen molar-refractivity contribution in [3.8, 4) is 0 Å². The molecule has 1 N–H and O–H groups in total. The van der Waals surface area contributed by atoms with Gasteiger partial charge in [-0.2, -0.15) is 0 Å². The highest BCUT2D eigenvalue weighted by Gasteiger charge is 2.26. The van der Waals surface area contributed by atoms with Crippen LogP contribution in [0.5, 0.6) is 0 Å². The van der Waals surface area contributed by atoms with Gasteiger partial charge in [-0.25, -0.2) is 0 Å². The van der Waals surface area contributed by atoms with Crippen molar-refractivity contribution < 1.29 is 9.59 Å². The smallest absolute Gasteiger partial charge is 0.242 e. The summed E-state index contributed by atoms with van der Waals surface area (Å²) in [4.78, 5) is 27.5. The van der Waals surface area contributed by atoms with Gasteiger partial charge in [0.15, 0.2) is 0 Å². The zero-order valence-electron chi connectivity index (χ0n) is 19.1. The van der Waals surface area contributed by atoms with Gasteiger partial charge in [0.25, 0.3) is 0 Å². The van der Waals surface area contributed by atoms with Crippen molar-refractivity contribution >= 4 is 35.2 Å². The molecule has 6 heteroatoms. The van der Waals surface area contributed by atoms with Gasteiger partial charge in [-0.3, -0.25) is 9.59 Å². The quantitative estimate of drug-likeness (QED) is 0.507. The van der Waals surface area contributed by atoms with Gasteiger partial charge in [0.1, 0.15) is 6.04 Å². The second-order valence-electron chi connectivity index (χ2n) is 8.13. The van der Waals surface area contributed by atoms with Gasteiger partial charge in [0.05, 0.1) is 5.75 Å². The van der Waals surface area contributed by atoms with Gasteiger partial charge >= 0.3 is 0 Å². The maximum absolute atomic E-state index is 13.1. The van der Waals surface area contributed by atoms with Crippen LogP contribution in [-0.2, 0) is 21.9 Å². The molecule has 0 radical (unpaired) electrons. The first kappa shape index (κ1) is 25.3. The fourth-order valence-electron chi connectivity index (χ4n) is 3.37. The van der Waals surface area contributed by atoms with Gasteiger partial charge in [0.2, 0.25) is 11.8 Å². The molecule has 0 heterocycles. The van der Waals surface area contributed by atoms with E-state index in [2.05, 4.69) is 37.4 Å². The Labute approximate surface area is 195 Å². The molecule has 0 bridgehead atoms. The molecule has 2 aromatic rings. The molecule has 0 aliphatic carbocycles. The molecule has 0 aromatic heterocycles. The summed E-state index contributed by atoms with van der Waals surface area (Å²) < 4.78 is 0. The van der Waals surface area contributed by atoms with E-state index in [0.29, 0.717) is 17.3 Å². The van der Waals surface area contributed by atoms with Crippen LogP contribution >= 0.6 is 23.4 Å². The standard InChI is InChI=1S/C25H33ClN2O2S/c1-6-19(4)27-25(30)20(5)28(14-21-8-7-9-23(26)13-21)24(29)16-31-15-22-11-17(2)10-18(3)12-22/h7-13,19-20H,6,14-16H2,1-5H3,(H,27,30)/t19-,20-/m1/s1. The Hall–Kier alpha value is -1.98. The minimum absolute atomic E-state index is 0.0545. The average molecular weight is 461 g/mol. The summed E-state index contributed by atoms with van der Waals surface area (Å²) in [7, 11) is 0. The summed E-state index contributed by atoms with van der Waals surface area (Å²) in [5.74, 6) is 0.881. The van der Waals surface area contributed by atoms with E-state index in [1.807, 2.05) is 32.0 Å². The summed E-state index contributed by atoms with van der Waals surface area (Å²) in [6.45, 7) is 10.3. The van der Waals surface area contributed by atoms with Crippen molar-refractivity contribution in [2.24, 2.45) is 0 Å². The molecule has 2 amide bonds. The molecule has 2 rings (SSSR count). The average Bonchev–Trinajstić information content (AvgIpc) is 2.70. The molecule has 0 saturated heterocycles. The number of benzene rings is 2. The van der Waals surface area contributed by atoms with Crippen molar-refractivity contribution in [2.45, 2.75) is 65.4 Å². The number of nitrogens with one attached hydrogen (secondary N) is 1. The SMILES string of the molecule is CC[C@@H](C)NC(=O)[C@@H](C)N(Cc1cccc(Cl)c1)C(=O)CSCc1cc(C)cc(C)c1. The van der Waals surface area contributed by atoms with Crippen LogP contribution in [0.4, 0.5) is 0 Å². The zero-order chi connectivity index (χ0) is 23.0. The fourth-order valence-corrected chi connectivity index (χ4v) is 4.43. The van der Waals surface area contributed by atoms with Gasteiger partial charge in [-0.05, 0) is 57.4 Å². The van der Waals surface area contributed by atoms with Crippen molar-refractivity contribution in [2.75, 3.05) is 5.75 Å². The van der Waals surface area contributed by atoms with Crippen LogP contribution in [0.1, 0.15) is 49.4 Å². The van der Waals surface area contributed by atoms with E-state index < -0.39 is 6.04 Å². The lowest BCUT2D eigenvalue weighted by Gasteiger charge is -2.29. The maximum atomic E-state index is 13.1. The highest BCUT2D eigenvalue weighted by molar-refractivity contribution is 7.99. The molecular formula is C25H33ClN2O2S. The lowest BCUT2D eigenvalue weighted by molar-refractivity contribution is -0.138. The molecule has 31 heavy (non-hydrogen) atoms. The molecular weight excluding hydrogens is 428 g/mol. The molecule has 2 aromatic carbocycles. The monoisotopic (exact) mass is 460 g/mol. The summed E-state index contributed by atoms with van der Waals surface area (Å²) in [5.41, 5.74) is 4.56. The lowest BCUT2D eigenvalue weighted by Crippen LogP contribution is -2.50. The van der Waals surface area contributed by atoms with E-state index in [9.17, 15) is 9.59 Å². The second-order valence-corrected chi connectivity index (χ2v) is 9.56. The molecule has 0 spiro atoms. The van der Waals surface area contributed by atoms with Crippen molar-refractivity contribution in [3.63, 3.8) is 0 Å². The predicted octanol–water partition coefficient (Wildman–Crippen LogP) is 5.52. The highest BCUT2D eigenvalue weighted by atomic mass is 35.5. The van der Waals surface area contributed by atoms with Crippen LogP contribution in [-0.4, -0.2) is 34.6 Å². The number of thioether (sulfide) groups is 1. The first-order valence-electron chi connectivity index (χ1n) is 10.7. The zero-order valence-corrected chi connectivity index (χ0v) is 20.6. The predicted molar refractivity (Wildman–Crippen MR) is 131 cm³/mol. The third-order valence-electron chi connectivity index (χ3n) is 5.19. The summed E-state index contributed by atoms with van der Waals surface area (Å²) in [6, 6.07) is 13.4. The van der Waals surface area contributed by atoms with E-state index in [1.165, 1.54) is 16.7 Å². The molecule has 0 unspecified atom stereocenters. The van der Waals surface area contributed by atoms with Gasteiger partial charge in [0, 0.05) is 23.4 Å². The van der Waals surface area contributed by atoms with E-state index in [1.54, 1.807) is 29.7 Å². The Balaban J connectivity index is 2.09. The number of hydrogen-bond donors (Lipinski definition) is 1. The Kier molecular flexibility index (Phi) is 9.92. The number of nitrogens with zero attached hydrogens (tertiary/aromatic N) is 1. The molecule has 2 atom stereocenters. The topological polar surface area (TPSA) is 49.4 Å². The Morgan fingerprint density at radius 2 is 1.74 bits per heavy atom. The lowest BCUT2D eigenvalue weighted by atomic mass is 10.1. The van der Waals surface area contributed by atoms with E-state index >= 15 is 0 Å². The molecule has 0 aliphatic heterocycles. The van der Waals surface area contributed by atoms with Crippen LogP contribution in [0, 0.1) is 13.8 Å². The second kappa shape index (κ2) is 12.2. The minimum atomic E-state index is -0.567. The van der Waals surface area contributed by atoms with Crippen molar-refractivity contribution in [1.29, 1.82) is 0 Å². The van der Waals surface area contributed by atoms with Crippen LogP contribution in [0.25, 0.3) is 0 Å². The Morgan fingerprint density at radius 3 is 2.35 bits per heavy atom. The van der Waals surface area contributed by atoms with E-state index in [0.717, 1.165) is 17.7 Å². The molecule has 0 aliphatic rings. The maximum Gasteiger partial charge on any atom is 0.242 e. The highest BCUT2D eigenvalue weighted by Crippen LogP contribution is 2.19.